The molecule has 0 aromatic carbocycles. The summed E-state index contributed by atoms with van der Waals surface area (Å²) >= 11 is 0. The average molecular weight is 268 g/mol. The summed E-state index contributed by atoms with van der Waals surface area (Å²) in [6.07, 6.45) is 2.20. The lowest BCUT2D eigenvalue weighted by Gasteiger charge is -2.43. The number of rotatable bonds is 3. The van der Waals surface area contributed by atoms with E-state index in [1.165, 1.54) is 32.6 Å². The summed E-state index contributed by atoms with van der Waals surface area (Å²) in [6.45, 7) is 15.0. The Morgan fingerprint density at radius 3 is 2.21 bits per heavy atom. The molecule has 1 N–H and O–H groups in total. The van der Waals surface area contributed by atoms with Crippen molar-refractivity contribution in [3.05, 3.63) is 0 Å². The van der Waals surface area contributed by atoms with Crippen LogP contribution in [0.3, 0.4) is 0 Å². The zero-order valence-electron chi connectivity index (χ0n) is 13.2. The van der Waals surface area contributed by atoms with Crippen molar-refractivity contribution in [1.29, 1.82) is 0 Å². The van der Waals surface area contributed by atoms with Crippen LogP contribution >= 0.6 is 0 Å². The molecule has 4 unspecified atom stereocenters. The second-order valence-corrected chi connectivity index (χ2v) is 7.22. The fourth-order valence-electron chi connectivity index (χ4n) is 3.93. The van der Waals surface area contributed by atoms with E-state index in [-0.39, 0.29) is 6.10 Å². The summed E-state index contributed by atoms with van der Waals surface area (Å²) < 4.78 is 0. The molecule has 0 bridgehead atoms. The first kappa shape index (κ1) is 15.3. The van der Waals surface area contributed by atoms with Crippen LogP contribution in [0.1, 0.15) is 40.5 Å². The minimum absolute atomic E-state index is 0.0816. The topological polar surface area (TPSA) is 26.7 Å². The van der Waals surface area contributed by atoms with Crippen LogP contribution in [-0.2, 0) is 0 Å². The van der Waals surface area contributed by atoms with Gasteiger partial charge in [-0.05, 0) is 38.5 Å². The second-order valence-electron chi connectivity index (χ2n) is 7.22. The molecule has 3 heteroatoms. The monoisotopic (exact) mass is 268 g/mol. The number of nitrogens with zero attached hydrogens (tertiary/aromatic N) is 2. The highest BCUT2D eigenvalue weighted by atomic mass is 16.3. The molecule has 1 aliphatic heterocycles. The highest BCUT2D eigenvalue weighted by molar-refractivity contribution is 4.86. The third-order valence-corrected chi connectivity index (χ3v) is 5.25. The average Bonchev–Trinajstić information content (AvgIpc) is 2.34. The lowest BCUT2D eigenvalue weighted by Crippen LogP contribution is -2.52. The van der Waals surface area contributed by atoms with Gasteiger partial charge in [-0.3, -0.25) is 4.90 Å². The van der Waals surface area contributed by atoms with E-state index in [1.807, 2.05) is 0 Å². The molecule has 112 valence electrons. The normalized spacial score (nSPS) is 38.8. The number of aliphatic hydroxyl groups is 1. The van der Waals surface area contributed by atoms with Crippen LogP contribution in [0.15, 0.2) is 0 Å². The first-order chi connectivity index (χ1) is 8.97. The van der Waals surface area contributed by atoms with Crippen LogP contribution in [0.5, 0.6) is 0 Å². The Morgan fingerprint density at radius 1 is 1.05 bits per heavy atom. The maximum absolute atomic E-state index is 10.3. The van der Waals surface area contributed by atoms with E-state index in [2.05, 4.69) is 37.5 Å². The molecular weight excluding hydrogens is 236 g/mol. The lowest BCUT2D eigenvalue weighted by atomic mass is 9.73. The number of hydrogen-bond acceptors (Lipinski definition) is 3. The van der Waals surface area contributed by atoms with E-state index < -0.39 is 0 Å². The predicted octanol–water partition coefficient (Wildman–Crippen LogP) is 2.06. The van der Waals surface area contributed by atoms with Gasteiger partial charge < -0.3 is 10.0 Å². The van der Waals surface area contributed by atoms with Gasteiger partial charge in [0.1, 0.15) is 0 Å². The quantitative estimate of drug-likeness (QED) is 0.849. The van der Waals surface area contributed by atoms with E-state index in [4.69, 9.17) is 0 Å². The summed E-state index contributed by atoms with van der Waals surface area (Å²) in [5, 5.41) is 10.3. The molecule has 0 amide bonds. The first-order valence-corrected chi connectivity index (χ1v) is 8.11. The summed E-state index contributed by atoms with van der Waals surface area (Å²) in [4.78, 5) is 5.12. The summed E-state index contributed by atoms with van der Waals surface area (Å²) in [5.41, 5.74) is 0. The number of hydrogen-bond donors (Lipinski definition) is 1. The van der Waals surface area contributed by atoms with Gasteiger partial charge in [0, 0.05) is 44.7 Å². The van der Waals surface area contributed by atoms with Crippen molar-refractivity contribution in [2.75, 3.05) is 32.7 Å². The van der Waals surface area contributed by atoms with Crippen molar-refractivity contribution in [2.45, 2.75) is 52.7 Å². The highest BCUT2D eigenvalue weighted by Gasteiger charge is 2.34. The van der Waals surface area contributed by atoms with E-state index in [0.29, 0.717) is 23.8 Å². The molecule has 0 aromatic rings. The van der Waals surface area contributed by atoms with Crippen LogP contribution in [-0.4, -0.2) is 59.8 Å². The fraction of sp³-hybridized carbons (Fsp3) is 1.00. The van der Waals surface area contributed by atoms with Gasteiger partial charge in [0.15, 0.2) is 0 Å². The lowest BCUT2D eigenvalue weighted by molar-refractivity contribution is -0.0114. The molecule has 0 spiro atoms. The third kappa shape index (κ3) is 3.93. The minimum Gasteiger partial charge on any atom is -0.393 e. The minimum atomic E-state index is -0.0816. The van der Waals surface area contributed by atoms with Crippen LogP contribution < -0.4 is 0 Å². The zero-order valence-corrected chi connectivity index (χ0v) is 13.2. The Kier molecular flexibility index (Phi) is 5.27. The van der Waals surface area contributed by atoms with Gasteiger partial charge >= 0.3 is 0 Å². The highest BCUT2D eigenvalue weighted by Crippen LogP contribution is 2.34. The Labute approximate surface area is 119 Å². The molecule has 0 radical (unpaired) electrons. The largest absolute Gasteiger partial charge is 0.393 e. The van der Waals surface area contributed by atoms with Gasteiger partial charge in [-0.2, -0.15) is 0 Å². The predicted molar refractivity (Wildman–Crippen MR) is 80.2 cm³/mol. The maximum atomic E-state index is 10.3. The van der Waals surface area contributed by atoms with Gasteiger partial charge in [-0.15, -0.1) is 0 Å². The Hall–Kier alpha value is -0.120. The third-order valence-electron chi connectivity index (χ3n) is 5.25. The summed E-state index contributed by atoms with van der Waals surface area (Å²) in [7, 11) is 0. The molecule has 19 heavy (non-hydrogen) atoms. The molecule has 2 fully saturated rings. The number of aliphatic hydroxyl groups excluding tert-OH is 1. The number of piperazine rings is 1. The van der Waals surface area contributed by atoms with Crippen molar-refractivity contribution < 1.29 is 5.11 Å². The molecular formula is C16H32N2O. The van der Waals surface area contributed by atoms with Gasteiger partial charge in [-0.25, -0.2) is 0 Å². The second kappa shape index (κ2) is 6.55. The molecule has 2 rings (SSSR count). The Morgan fingerprint density at radius 2 is 1.68 bits per heavy atom. The first-order valence-electron chi connectivity index (χ1n) is 8.11. The van der Waals surface area contributed by atoms with E-state index >= 15 is 0 Å². The van der Waals surface area contributed by atoms with Gasteiger partial charge in [0.2, 0.25) is 0 Å². The molecule has 1 heterocycles. The van der Waals surface area contributed by atoms with Crippen molar-refractivity contribution >= 4 is 0 Å². The van der Waals surface area contributed by atoms with Crippen LogP contribution in [0.25, 0.3) is 0 Å². The molecule has 1 aliphatic carbocycles. The molecule has 4 atom stereocenters. The van der Waals surface area contributed by atoms with Gasteiger partial charge in [-0.1, -0.05) is 13.8 Å². The molecule has 3 nitrogen and oxygen atoms in total. The van der Waals surface area contributed by atoms with Crippen molar-refractivity contribution in [2.24, 2.45) is 17.8 Å². The van der Waals surface area contributed by atoms with Crippen molar-refractivity contribution in [3.8, 4) is 0 Å². The van der Waals surface area contributed by atoms with Crippen LogP contribution in [0.2, 0.25) is 0 Å². The maximum Gasteiger partial charge on any atom is 0.0585 e. The molecule has 0 aromatic heterocycles. The zero-order chi connectivity index (χ0) is 14.0. The van der Waals surface area contributed by atoms with Crippen molar-refractivity contribution in [3.63, 3.8) is 0 Å². The van der Waals surface area contributed by atoms with Crippen LogP contribution in [0, 0.1) is 17.8 Å². The van der Waals surface area contributed by atoms with Crippen molar-refractivity contribution in [1.82, 2.24) is 9.80 Å². The molecule has 2 aliphatic rings. The van der Waals surface area contributed by atoms with Gasteiger partial charge in [0.05, 0.1) is 6.10 Å². The standard InChI is InChI=1S/C16H32N2O/c1-12(2)18-7-5-17(6-8-18)11-15-14(4)9-13(3)10-16(15)19/h12-16,19H,5-11H2,1-4H3. The van der Waals surface area contributed by atoms with E-state index in [9.17, 15) is 5.11 Å². The van der Waals surface area contributed by atoms with Gasteiger partial charge in [0.25, 0.3) is 0 Å². The smallest absolute Gasteiger partial charge is 0.0585 e. The SMILES string of the molecule is CC1CC(C)C(CN2CCN(C(C)C)CC2)C(O)C1. The Bertz CT molecular complexity index is 262. The molecule has 1 saturated carbocycles. The van der Waals surface area contributed by atoms with E-state index in [0.717, 1.165) is 13.0 Å². The molecule has 1 saturated heterocycles. The van der Waals surface area contributed by atoms with E-state index in [1.54, 1.807) is 0 Å². The summed E-state index contributed by atoms with van der Waals surface area (Å²) in [6, 6.07) is 0.669. The Balaban J connectivity index is 1.81. The summed E-state index contributed by atoms with van der Waals surface area (Å²) in [5.74, 6) is 1.85. The van der Waals surface area contributed by atoms with Crippen LogP contribution in [0.4, 0.5) is 0 Å². The fourth-order valence-corrected chi connectivity index (χ4v) is 3.93.